The van der Waals surface area contributed by atoms with Gasteiger partial charge in [-0.15, -0.1) is 0 Å². The first kappa shape index (κ1) is 109. The van der Waals surface area contributed by atoms with Crippen molar-refractivity contribution in [1.82, 2.24) is 79.2 Å². The minimum Gasteiger partial charge on any atom is -0.368 e. The number of hydrogen-bond donors (Lipinski definition) is 10. The molecule has 0 bridgehead atoms. The minimum atomic E-state index is -0.861. The first-order valence-electron chi connectivity index (χ1n) is 50.6. The highest BCUT2D eigenvalue weighted by atomic mass is 16.2. The van der Waals surface area contributed by atoms with Crippen LogP contribution in [0.4, 0.5) is 0 Å². The molecule has 0 saturated carbocycles. The van der Waals surface area contributed by atoms with Crippen molar-refractivity contribution in [2.75, 3.05) is 157 Å². The molecule has 12 aromatic rings. The SMILES string of the molecule is C[C@@H](c1ccccc1)N(CC(=O)N(CCCCN)CC(=O)N(CC(=O)N(CC(=O)N(CCCCN)CC(=O)N(CCc1c[nH]c2ccccc12)CC(=O)N(CCc1c[nH]c2ccccc12)CC(N)=O)[C@@H](C)c1ccccc1)[C@@H](C)c1ccccc1)C(=O)CN(C(=O)CN(CCCCN)C(=O)CN(CCc1c[nH]c2ccccc12)C(=O)CN(CCc1c[nH]c2ccccc12)C(=O)CNCCCCN)[C@@H](C)c1ccccc1. The van der Waals surface area contributed by atoms with Gasteiger partial charge >= 0.3 is 0 Å². The Labute approximate surface area is 848 Å². The van der Waals surface area contributed by atoms with Crippen molar-refractivity contribution < 1.29 is 57.5 Å². The molecule has 0 spiro atoms. The van der Waals surface area contributed by atoms with Gasteiger partial charge in [0.25, 0.3) is 0 Å². The molecule has 33 heteroatoms. The van der Waals surface area contributed by atoms with Crippen LogP contribution < -0.4 is 34.0 Å². The summed E-state index contributed by atoms with van der Waals surface area (Å²) >= 11 is 0. The van der Waals surface area contributed by atoms with E-state index in [2.05, 4.69) is 25.3 Å². The lowest BCUT2D eigenvalue weighted by Gasteiger charge is -2.37. The van der Waals surface area contributed by atoms with E-state index in [0.717, 1.165) is 78.7 Å². The molecule has 0 unspecified atom stereocenters. The first-order valence-corrected chi connectivity index (χ1v) is 50.6. The smallest absolute Gasteiger partial charge is 0.243 e. The zero-order chi connectivity index (χ0) is 103. The number of nitrogens with zero attached hydrogens (tertiary/aromatic N) is 11. The minimum absolute atomic E-state index is 0.0142. The summed E-state index contributed by atoms with van der Waals surface area (Å²) in [6, 6.07) is 63.9. The molecule has 0 aliphatic carbocycles. The third kappa shape index (κ3) is 31.2. The second kappa shape index (κ2) is 55.8. The Kier molecular flexibility index (Phi) is 42.0. The quantitative estimate of drug-likeness (QED) is 0.0158. The van der Waals surface area contributed by atoms with Crippen molar-refractivity contribution in [3.63, 3.8) is 0 Å². The topological polar surface area (TPSA) is 446 Å². The zero-order valence-corrected chi connectivity index (χ0v) is 84.1. The van der Waals surface area contributed by atoms with Crippen LogP contribution >= 0.6 is 0 Å². The Morgan fingerprint density at radius 3 is 0.731 bits per heavy atom. The van der Waals surface area contributed by atoms with Gasteiger partial charge in [0.05, 0.1) is 76.5 Å². The van der Waals surface area contributed by atoms with Crippen molar-refractivity contribution in [3.05, 3.63) is 288 Å². The molecule has 0 radical (unpaired) electrons. The molecular weight excluding hydrogens is 1830 g/mol. The van der Waals surface area contributed by atoms with Crippen LogP contribution in [0.15, 0.2) is 243 Å². The Morgan fingerprint density at radius 1 is 0.248 bits per heavy atom. The molecule has 768 valence electrons. The van der Waals surface area contributed by atoms with Crippen molar-refractivity contribution in [2.45, 2.75) is 129 Å². The van der Waals surface area contributed by atoms with Crippen LogP contribution in [0.3, 0.4) is 0 Å². The number of aromatic amines is 4. The van der Waals surface area contributed by atoms with E-state index in [9.17, 15) is 14.4 Å². The summed E-state index contributed by atoms with van der Waals surface area (Å²) < 4.78 is 0. The molecule has 4 heterocycles. The summed E-state index contributed by atoms with van der Waals surface area (Å²) in [5.74, 6) is -7.22. The standard InChI is InChI=1S/C112H143N21O12/c1-81(85-33-9-5-10-34-85)130(77-107(140)123(58-30-26-54-114)71-105(138)129(64-52-92-68-122-100-48-24-20-44-96(92)100)74-104(137)126(70-101(117)134)61-49-89-65-119-97-45-21-17-41-93(89)97)111(144)80-133(84(4)88-39-15-8-16-40-88)110(143)76-125(60-32-28-56-116)108(141)78-131(82(2)86-35-11-6-12-36-86)112(145)79-132(83(3)87-37-13-7-14-38-87)109(142)75-124(59-31-27-55-115)103(136)73-128(63-51-91-67-121-99-47-23-19-43-95(91)99)106(139)72-127(102(135)69-118-57-29-25-53-113)62-50-90-66-120-98-46-22-18-42-94(90)98/h5-24,33-48,65-68,81-84,118-122H,25-32,49-64,69-80,113-116H2,1-4H3,(H2,117,134)/t81-,82-,83-,84-/m0/s1. The number of carbonyl (C=O) groups excluding carboxylic acids is 12. The number of nitrogens with one attached hydrogen (secondary N) is 5. The van der Waals surface area contributed by atoms with E-state index in [-0.39, 0.29) is 90.9 Å². The van der Waals surface area contributed by atoms with E-state index in [1.54, 1.807) is 64.1 Å². The van der Waals surface area contributed by atoms with Crippen molar-refractivity contribution in [1.29, 1.82) is 0 Å². The van der Waals surface area contributed by atoms with E-state index in [0.29, 0.717) is 93.1 Å². The van der Waals surface area contributed by atoms with Gasteiger partial charge in [0.2, 0.25) is 70.9 Å². The van der Waals surface area contributed by atoms with E-state index in [1.807, 2.05) is 207 Å². The number of hydrogen-bond acceptors (Lipinski definition) is 17. The van der Waals surface area contributed by atoms with E-state index >= 15 is 43.2 Å². The van der Waals surface area contributed by atoms with E-state index in [4.69, 9.17) is 28.7 Å². The number of benzene rings is 8. The molecule has 33 nitrogen and oxygen atoms in total. The van der Waals surface area contributed by atoms with Crippen molar-refractivity contribution in [3.8, 4) is 0 Å². The van der Waals surface area contributed by atoms with Gasteiger partial charge in [0.1, 0.15) is 26.2 Å². The van der Waals surface area contributed by atoms with Crippen molar-refractivity contribution in [2.24, 2.45) is 28.7 Å². The molecule has 4 aromatic heterocycles. The third-order valence-electron chi connectivity index (χ3n) is 27.3. The summed E-state index contributed by atoms with van der Waals surface area (Å²) in [6.07, 6.45) is 12.7. The number of fused-ring (bicyclic) bond motifs is 4. The monoisotopic (exact) mass is 1970 g/mol. The van der Waals surface area contributed by atoms with E-state index < -0.39 is 155 Å². The summed E-state index contributed by atoms with van der Waals surface area (Å²) in [5.41, 5.74) is 39.8. The Balaban J connectivity index is 0.814. The number of H-pyrrole nitrogens is 4. The lowest BCUT2D eigenvalue weighted by Crippen LogP contribution is -2.54. The first-order chi connectivity index (χ1) is 70.3. The number of unbranched alkanes of at least 4 members (excludes halogenated alkanes) is 4. The summed E-state index contributed by atoms with van der Waals surface area (Å²) in [7, 11) is 0. The lowest BCUT2D eigenvalue weighted by atomic mass is 10.0. The van der Waals surface area contributed by atoms with Gasteiger partial charge in [-0.25, -0.2) is 0 Å². The summed E-state index contributed by atoms with van der Waals surface area (Å²) in [5, 5.41) is 7.01. The average Bonchev–Trinajstić information content (AvgIpc) is 1.73. The van der Waals surface area contributed by atoms with Crippen LogP contribution in [0.1, 0.15) is 148 Å². The van der Waals surface area contributed by atoms with Gasteiger partial charge in [0, 0.05) is 114 Å². The number of nitrogens with two attached hydrogens (primary N) is 5. The molecule has 8 aromatic carbocycles. The maximum Gasteiger partial charge on any atom is 0.243 e. The van der Waals surface area contributed by atoms with Crippen LogP contribution in [-0.4, -0.2) is 302 Å². The summed E-state index contributed by atoms with van der Waals surface area (Å²) in [4.78, 5) is 213. The van der Waals surface area contributed by atoms with Gasteiger partial charge in [-0.2, -0.15) is 0 Å². The second-order valence-electron chi connectivity index (χ2n) is 37.2. The number of para-hydroxylation sites is 4. The fourth-order valence-electron chi connectivity index (χ4n) is 18.6. The number of rotatable bonds is 60. The molecule has 145 heavy (non-hydrogen) atoms. The molecule has 4 atom stereocenters. The van der Waals surface area contributed by atoms with Crippen molar-refractivity contribution >= 4 is 114 Å². The van der Waals surface area contributed by atoms with Crippen LogP contribution in [0, 0.1) is 0 Å². The fraction of sp³-hybridized carbons (Fsp3) is 0.393. The highest BCUT2D eigenvalue weighted by molar-refractivity contribution is 5.97. The predicted molar refractivity (Wildman–Crippen MR) is 566 cm³/mol. The Bertz CT molecular complexity index is 6190. The lowest BCUT2D eigenvalue weighted by molar-refractivity contribution is -0.151. The second-order valence-corrected chi connectivity index (χ2v) is 37.2. The summed E-state index contributed by atoms with van der Waals surface area (Å²) in [6.45, 7) is 3.15. The molecule has 12 amide bonds. The maximum atomic E-state index is 16.2. The van der Waals surface area contributed by atoms with Crippen LogP contribution in [-0.2, 0) is 83.2 Å². The molecule has 15 N–H and O–H groups in total. The average molecular weight is 1980 g/mol. The number of amides is 12. The zero-order valence-electron chi connectivity index (χ0n) is 84.1. The Morgan fingerprint density at radius 2 is 0.462 bits per heavy atom. The molecule has 0 fully saturated rings. The van der Waals surface area contributed by atoms with E-state index in [1.165, 1.54) is 53.9 Å². The van der Waals surface area contributed by atoms with Gasteiger partial charge in [0.15, 0.2) is 0 Å². The third-order valence-corrected chi connectivity index (χ3v) is 27.3. The fourth-order valence-corrected chi connectivity index (χ4v) is 18.6. The van der Waals surface area contributed by atoms with Crippen LogP contribution in [0.25, 0.3) is 43.6 Å². The normalized spacial score (nSPS) is 12.2. The highest BCUT2D eigenvalue weighted by Crippen LogP contribution is 2.31. The molecule has 0 aliphatic rings. The molecule has 0 saturated heterocycles. The van der Waals surface area contributed by atoms with Crippen LogP contribution in [0.2, 0.25) is 0 Å². The number of carbonyl (C=O) groups is 12. The molecule has 12 rings (SSSR count). The highest BCUT2D eigenvalue weighted by Gasteiger charge is 2.38. The van der Waals surface area contributed by atoms with Gasteiger partial charge in [-0.3, -0.25) is 57.5 Å². The largest absolute Gasteiger partial charge is 0.368 e. The van der Waals surface area contributed by atoms with Crippen LogP contribution in [0.5, 0.6) is 0 Å². The maximum absolute atomic E-state index is 16.2. The Hall–Kier alpha value is -14.6. The number of primary amides is 1. The van der Waals surface area contributed by atoms with Gasteiger partial charge < -0.3 is 108 Å². The molecular formula is C112H143N21O12. The van der Waals surface area contributed by atoms with Gasteiger partial charge in [-0.1, -0.05) is 194 Å². The number of aromatic nitrogens is 4. The molecule has 0 aliphatic heterocycles. The van der Waals surface area contributed by atoms with Gasteiger partial charge in [-0.05, 0) is 206 Å². The predicted octanol–water partition coefficient (Wildman–Crippen LogP) is 10.1.